The quantitative estimate of drug-likeness (QED) is 0.661. The molecule has 0 aromatic heterocycles. The second-order valence-electron chi connectivity index (χ2n) is 11.0. The Morgan fingerprint density at radius 2 is 1.80 bits per heavy atom. The van der Waals surface area contributed by atoms with Crippen molar-refractivity contribution in [3.8, 4) is 0 Å². The van der Waals surface area contributed by atoms with Crippen molar-refractivity contribution in [1.82, 2.24) is 0 Å². The number of fused-ring (bicyclic) bond motifs is 4. The Balaban J connectivity index is 1.50. The van der Waals surface area contributed by atoms with Gasteiger partial charge in [0, 0.05) is 29.8 Å². The summed E-state index contributed by atoms with van der Waals surface area (Å²) in [6, 6.07) is 0. The predicted octanol–water partition coefficient (Wildman–Crippen LogP) is 4.38. The van der Waals surface area contributed by atoms with E-state index in [4.69, 9.17) is 9.47 Å². The lowest BCUT2D eigenvalue weighted by atomic mass is 9.45. The summed E-state index contributed by atoms with van der Waals surface area (Å²) in [7, 11) is 1.85. The molecule has 0 aromatic carbocycles. The van der Waals surface area contributed by atoms with Gasteiger partial charge >= 0.3 is 0 Å². The summed E-state index contributed by atoms with van der Waals surface area (Å²) in [6.45, 7) is 9.16. The van der Waals surface area contributed by atoms with Crippen molar-refractivity contribution in [2.75, 3.05) is 7.11 Å². The summed E-state index contributed by atoms with van der Waals surface area (Å²) in [5, 5.41) is 0. The second kappa shape index (κ2) is 4.70. The molecule has 1 aliphatic heterocycles. The molecule has 1 spiro atoms. The molecule has 140 valence electrons. The molecule has 3 unspecified atom stereocenters. The summed E-state index contributed by atoms with van der Waals surface area (Å²) in [5.74, 6) is 2.50. The molecular formula is C22H34O3. The van der Waals surface area contributed by atoms with Crippen molar-refractivity contribution >= 4 is 5.78 Å². The van der Waals surface area contributed by atoms with E-state index in [0.717, 1.165) is 25.2 Å². The van der Waals surface area contributed by atoms with Gasteiger partial charge < -0.3 is 9.47 Å². The topological polar surface area (TPSA) is 38.8 Å². The van der Waals surface area contributed by atoms with Gasteiger partial charge in [-0.05, 0) is 56.3 Å². The summed E-state index contributed by atoms with van der Waals surface area (Å²) in [4.78, 5) is 13.1. The monoisotopic (exact) mass is 346 g/mol. The van der Waals surface area contributed by atoms with Crippen molar-refractivity contribution in [3.63, 3.8) is 0 Å². The minimum absolute atomic E-state index is 0.0823. The first-order chi connectivity index (χ1) is 11.7. The smallest absolute Gasteiger partial charge is 0.144 e. The maximum atomic E-state index is 13.1. The van der Waals surface area contributed by atoms with E-state index in [1.165, 1.54) is 25.7 Å². The van der Waals surface area contributed by atoms with Gasteiger partial charge in [0.1, 0.15) is 11.4 Å². The van der Waals surface area contributed by atoms with Gasteiger partial charge in [0.2, 0.25) is 0 Å². The Bertz CT molecular complexity index is 627. The van der Waals surface area contributed by atoms with Gasteiger partial charge in [-0.2, -0.15) is 0 Å². The van der Waals surface area contributed by atoms with Gasteiger partial charge in [0.05, 0.1) is 12.2 Å². The molecule has 5 aliphatic rings. The third-order valence-corrected chi connectivity index (χ3v) is 9.63. The minimum atomic E-state index is -0.137. The maximum Gasteiger partial charge on any atom is 0.144 e. The van der Waals surface area contributed by atoms with E-state index in [9.17, 15) is 4.79 Å². The number of epoxide rings is 1. The van der Waals surface area contributed by atoms with Crippen LogP contribution in [-0.2, 0) is 14.3 Å². The molecule has 8 atom stereocenters. The summed E-state index contributed by atoms with van der Waals surface area (Å²) in [5.41, 5.74) is 0.146. The number of hydrogen-bond donors (Lipinski definition) is 0. The number of Topliss-reactive ketones (excluding diaryl/α,β-unsaturated/α-hetero) is 1. The number of ether oxygens (including phenoxy) is 2. The number of hydrogen-bond acceptors (Lipinski definition) is 3. The molecule has 0 amide bonds. The number of ketones is 1. The first-order valence-electron chi connectivity index (χ1n) is 10.4. The molecule has 4 saturated carbocycles. The lowest BCUT2D eigenvalue weighted by Crippen LogP contribution is -2.58. The molecule has 4 aliphatic carbocycles. The predicted molar refractivity (Wildman–Crippen MR) is 96.2 cm³/mol. The normalized spacial score (nSPS) is 58.8. The fraction of sp³-hybridized carbons (Fsp3) is 0.955. The molecule has 5 fully saturated rings. The fourth-order valence-electron chi connectivity index (χ4n) is 8.24. The molecule has 3 heteroatoms. The third kappa shape index (κ3) is 1.83. The van der Waals surface area contributed by atoms with Crippen LogP contribution >= 0.6 is 0 Å². The minimum Gasteiger partial charge on any atom is -0.381 e. The van der Waals surface area contributed by atoms with Gasteiger partial charge in [0.25, 0.3) is 0 Å². The lowest BCUT2D eigenvalue weighted by molar-refractivity contribution is -0.141. The number of methoxy groups -OCH3 is 1. The maximum absolute atomic E-state index is 13.1. The molecule has 3 nitrogen and oxygen atoms in total. The van der Waals surface area contributed by atoms with Crippen LogP contribution in [0.25, 0.3) is 0 Å². The van der Waals surface area contributed by atoms with Gasteiger partial charge in [0.15, 0.2) is 0 Å². The zero-order valence-corrected chi connectivity index (χ0v) is 16.6. The third-order valence-electron chi connectivity index (χ3n) is 9.63. The Labute approximate surface area is 152 Å². The van der Waals surface area contributed by atoms with Gasteiger partial charge in [-0.3, -0.25) is 4.79 Å². The van der Waals surface area contributed by atoms with Crippen LogP contribution in [0.15, 0.2) is 0 Å². The molecule has 0 bridgehead atoms. The standard InChI is InChI=1S/C22H34O3/c1-19(2)12-16-14-10-17-22(25-17)11-13(24-5)6-9-21(22,4)15(14)7-8-20(16,3)18(19)23/h13-17H,6-12H2,1-5H3/t13-,14?,15?,16?,17+,20-,21+,22+/m0/s1. The van der Waals surface area contributed by atoms with E-state index in [1.54, 1.807) is 0 Å². The van der Waals surface area contributed by atoms with Crippen LogP contribution in [0.5, 0.6) is 0 Å². The van der Waals surface area contributed by atoms with Crippen molar-refractivity contribution in [1.29, 1.82) is 0 Å². The highest BCUT2D eigenvalue weighted by Crippen LogP contribution is 2.74. The highest BCUT2D eigenvalue weighted by atomic mass is 16.6. The first-order valence-corrected chi connectivity index (χ1v) is 10.4. The molecule has 0 N–H and O–H groups in total. The molecule has 5 rings (SSSR count). The summed E-state index contributed by atoms with van der Waals surface area (Å²) < 4.78 is 12.2. The molecular weight excluding hydrogens is 312 g/mol. The zero-order chi connectivity index (χ0) is 17.8. The zero-order valence-electron chi connectivity index (χ0n) is 16.6. The highest BCUT2D eigenvalue weighted by molar-refractivity contribution is 5.92. The van der Waals surface area contributed by atoms with Crippen LogP contribution in [0.3, 0.4) is 0 Å². The van der Waals surface area contributed by atoms with Crippen LogP contribution in [-0.4, -0.2) is 30.7 Å². The molecule has 1 saturated heterocycles. The first kappa shape index (κ1) is 16.7. The van der Waals surface area contributed by atoms with E-state index < -0.39 is 0 Å². The van der Waals surface area contributed by atoms with E-state index in [1.807, 2.05) is 7.11 Å². The number of rotatable bonds is 1. The Hall–Kier alpha value is -0.410. The van der Waals surface area contributed by atoms with E-state index >= 15 is 0 Å². The SMILES string of the molecule is CO[C@H]1CC[C@]2(C)C3CC[C@]4(C)C(=O)C(C)(C)CC4C3C[C@H]3O[C@]32C1. The average molecular weight is 347 g/mol. The van der Waals surface area contributed by atoms with Crippen LogP contribution in [0.1, 0.15) is 72.6 Å². The largest absolute Gasteiger partial charge is 0.381 e. The highest BCUT2D eigenvalue weighted by Gasteiger charge is 2.76. The van der Waals surface area contributed by atoms with Crippen molar-refractivity contribution < 1.29 is 14.3 Å². The average Bonchev–Trinajstić information content (AvgIpc) is 3.23. The summed E-state index contributed by atoms with van der Waals surface area (Å²) >= 11 is 0. The second-order valence-corrected chi connectivity index (χ2v) is 11.0. The van der Waals surface area contributed by atoms with Crippen LogP contribution < -0.4 is 0 Å². The van der Waals surface area contributed by atoms with E-state index in [0.29, 0.717) is 29.8 Å². The van der Waals surface area contributed by atoms with Gasteiger partial charge in [-0.25, -0.2) is 0 Å². The molecule has 0 aromatic rings. The van der Waals surface area contributed by atoms with E-state index in [2.05, 4.69) is 27.7 Å². The van der Waals surface area contributed by atoms with Gasteiger partial charge in [-0.1, -0.05) is 27.7 Å². The van der Waals surface area contributed by atoms with Crippen molar-refractivity contribution in [2.24, 2.45) is 34.0 Å². The number of carbonyl (C=O) groups is 1. The Morgan fingerprint density at radius 1 is 1.04 bits per heavy atom. The molecule has 25 heavy (non-hydrogen) atoms. The Morgan fingerprint density at radius 3 is 2.52 bits per heavy atom. The van der Waals surface area contributed by atoms with E-state index in [-0.39, 0.29) is 21.8 Å². The van der Waals surface area contributed by atoms with Crippen LogP contribution in [0, 0.1) is 34.0 Å². The number of carbonyl (C=O) groups excluding carboxylic acids is 1. The Kier molecular flexibility index (Phi) is 3.15. The van der Waals surface area contributed by atoms with Crippen LogP contribution in [0.4, 0.5) is 0 Å². The fourth-order valence-corrected chi connectivity index (χ4v) is 8.24. The van der Waals surface area contributed by atoms with Gasteiger partial charge in [-0.15, -0.1) is 0 Å². The van der Waals surface area contributed by atoms with Crippen LogP contribution in [0.2, 0.25) is 0 Å². The molecule has 0 radical (unpaired) electrons. The van der Waals surface area contributed by atoms with Crippen molar-refractivity contribution in [3.05, 3.63) is 0 Å². The lowest BCUT2D eigenvalue weighted by Gasteiger charge is -2.58. The summed E-state index contributed by atoms with van der Waals surface area (Å²) in [6.07, 6.45) is 8.83. The van der Waals surface area contributed by atoms with Crippen molar-refractivity contribution in [2.45, 2.75) is 90.4 Å². The molecule has 1 heterocycles.